The molecule has 2 unspecified atom stereocenters. The number of rotatable bonds is 2. The summed E-state index contributed by atoms with van der Waals surface area (Å²) >= 11 is 1.78. The smallest absolute Gasteiger partial charge is 0.136 e. The van der Waals surface area contributed by atoms with Gasteiger partial charge in [-0.1, -0.05) is 25.1 Å². The van der Waals surface area contributed by atoms with Gasteiger partial charge in [0.15, 0.2) is 0 Å². The molecular weight excluding hydrogens is 244 g/mol. The van der Waals surface area contributed by atoms with Crippen LogP contribution in [0.1, 0.15) is 40.9 Å². The molecule has 2 atom stereocenters. The van der Waals surface area contributed by atoms with Crippen molar-refractivity contribution in [3.8, 4) is 5.75 Å². The van der Waals surface area contributed by atoms with Crippen molar-refractivity contribution in [2.45, 2.75) is 32.0 Å². The zero-order valence-electron chi connectivity index (χ0n) is 10.3. The second-order valence-electron chi connectivity index (χ2n) is 4.55. The topological polar surface area (TPSA) is 29.5 Å². The second-order valence-corrected chi connectivity index (χ2v) is 5.75. The molecule has 3 rings (SSSR count). The molecule has 2 aromatic rings. The number of hydrogen-bond donors (Lipinski definition) is 1. The molecule has 94 valence electrons. The Balaban J connectivity index is 1.89. The van der Waals surface area contributed by atoms with Gasteiger partial charge in [-0.05, 0) is 24.6 Å². The van der Waals surface area contributed by atoms with Crippen molar-refractivity contribution in [3.63, 3.8) is 0 Å². The van der Waals surface area contributed by atoms with Crippen LogP contribution in [0, 0.1) is 0 Å². The summed E-state index contributed by atoms with van der Waals surface area (Å²) < 4.78 is 6.00. The van der Waals surface area contributed by atoms with Crippen molar-refractivity contribution < 1.29 is 9.84 Å². The van der Waals surface area contributed by atoms with Crippen LogP contribution < -0.4 is 4.74 Å². The maximum Gasteiger partial charge on any atom is 0.136 e. The lowest BCUT2D eigenvalue weighted by Gasteiger charge is -2.28. The van der Waals surface area contributed by atoms with Crippen LogP contribution in [0.4, 0.5) is 0 Å². The highest BCUT2D eigenvalue weighted by Crippen LogP contribution is 2.42. The van der Waals surface area contributed by atoms with Crippen LogP contribution >= 0.6 is 11.3 Å². The fraction of sp³-hybridized carbons (Fsp3) is 0.333. The first-order chi connectivity index (χ1) is 8.78. The van der Waals surface area contributed by atoms with Crippen LogP contribution in [-0.4, -0.2) is 5.11 Å². The molecule has 0 radical (unpaired) electrons. The Morgan fingerprint density at radius 1 is 1.28 bits per heavy atom. The van der Waals surface area contributed by atoms with E-state index in [2.05, 4.69) is 19.1 Å². The molecule has 0 saturated heterocycles. The van der Waals surface area contributed by atoms with E-state index in [0.29, 0.717) is 6.42 Å². The van der Waals surface area contributed by atoms with Crippen LogP contribution in [-0.2, 0) is 6.42 Å². The van der Waals surface area contributed by atoms with E-state index in [9.17, 15) is 5.11 Å². The summed E-state index contributed by atoms with van der Waals surface area (Å²) in [5.41, 5.74) is 0.904. The minimum Gasteiger partial charge on any atom is -0.484 e. The van der Waals surface area contributed by atoms with E-state index in [4.69, 9.17) is 4.74 Å². The number of benzene rings is 1. The summed E-state index contributed by atoms with van der Waals surface area (Å²) in [6.07, 6.45) is 1.25. The van der Waals surface area contributed by atoms with Crippen molar-refractivity contribution >= 4 is 11.3 Å². The van der Waals surface area contributed by atoms with E-state index in [0.717, 1.165) is 17.7 Å². The van der Waals surface area contributed by atoms with Crippen LogP contribution in [0.25, 0.3) is 0 Å². The second kappa shape index (κ2) is 4.75. The van der Waals surface area contributed by atoms with Crippen LogP contribution in [0.5, 0.6) is 5.75 Å². The maximum atomic E-state index is 10.2. The molecular formula is C15H16O2S. The first kappa shape index (κ1) is 11.8. The van der Waals surface area contributed by atoms with Gasteiger partial charge >= 0.3 is 0 Å². The van der Waals surface area contributed by atoms with Crippen LogP contribution in [0.15, 0.2) is 36.4 Å². The third kappa shape index (κ3) is 2.04. The standard InChI is InChI=1S/C15H16O2S/c1-2-10-7-8-15(18-10)14-9-12(16)11-5-3-4-6-13(11)17-14/h3-8,12,14,16H,2,9H2,1H3. The molecule has 1 N–H and O–H groups in total. The van der Waals surface area contributed by atoms with E-state index in [1.165, 1.54) is 9.75 Å². The summed E-state index contributed by atoms with van der Waals surface area (Å²) in [7, 11) is 0. The fourth-order valence-corrected chi connectivity index (χ4v) is 3.32. The number of para-hydroxylation sites is 1. The summed E-state index contributed by atoms with van der Waals surface area (Å²) in [4.78, 5) is 2.57. The first-order valence-electron chi connectivity index (χ1n) is 6.30. The highest BCUT2D eigenvalue weighted by Gasteiger charge is 2.28. The predicted octanol–water partition coefficient (Wildman–Crippen LogP) is 3.87. The Hall–Kier alpha value is -1.32. The third-order valence-electron chi connectivity index (χ3n) is 3.33. The zero-order valence-corrected chi connectivity index (χ0v) is 11.1. The minimum atomic E-state index is -0.424. The van der Waals surface area contributed by atoms with Gasteiger partial charge in [0, 0.05) is 21.7 Å². The number of aliphatic hydroxyl groups is 1. The molecule has 0 fully saturated rings. The molecule has 2 nitrogen and oxygen atoms in total. The largest absolute Gasteiger partial charge is 0.484 e. The molecule has 3 heteroatoms. The first-order valence-corrected chi connectivity index (χ1v) is 7.12. The highest BCUT2D eigenvalue weighted by molar-refractivity contribution is 7.12. The maximum absolute atomic E-state index is 10.2. The van der Waals surface area contributed by atoms with Gasteiger partial charge in [-0.2, -0.15) is 0 Å². The van der Waals surface area contributed by atoms with Gasteiger partial charge in [-0.3, -0.25) is 0 Å². The number of ether oxygens (including phenoxy) is 1. The molecule has 1 aliphatic heterocycles. The molecule has 1 aromatic carbocycles. The lowest BCUT2D eigenvalue weighted by molar-refractivity contribution is 0.0674. The monoisotopic (exact) mass is 260 g/mol. The average molecular weight is 260 g/mol. The molecule has 0 bridgehead atoms. The van der Waals surface area contributed by atoms with Gasteiger partial charge in [-0.25, -0.2) is 0 Å². The van der Waals surface area contributed by atoms with Crippen molar-refractivity contribution in [2.24, 2.45) is 0 Å². The molecule has 1 aliphatic rings. The Bertz CT molecular complexity index is 547. The van der Waals surface area contributed by atoms with E-state index in [1.807, 2.05) is 24.3 Å². The predicted molar refractivity (Wildman–Crippen MR) is 73.1 cm³/mol. The van der Waals surface area contributed by atoms with Gasteiger partial charge in [-0.15, -0.1) is 11.3 Å². The summed E-state index contributed by atoms with van der Waals surface area (Å²) in [5, 5.41) is 10.2. The summed E-state index contributed by atoms with van der Waals surface area (Å²) in [6, 6.07) is 12.0. The molecule has 0 saturated carbocycles. The number of thiophene rings is 1. The van der Waals surface area contributed by atoms with Gasteiger partial charge < -0.3 is 9.84 Å². The van der Waals surface area contributed by atoms with Gasteiger partial charge in [0.25, 0.3) is 0 Å². The van der Waals surface area contributed by atoms with Crippen molar-refractivity contribution in [1.29, 1.82) is 0 Å². The SMILES string of the molecule is CCc1ccc(C2CC(O)c3ccccc3O2)s1. The Morgan fingerprint density at radius 3 is 2.89 bits per heavy atom. The number of fused-ring (bicyclic) bond motifs is 1. The number of aryl methyl sites for hydroxylation is 1. The van der Waals surface area contributed by atoms with Gasteiger partial charge in [0.1, 0.15) is 11.9 Å². The normalized spacial score (nSPS) is 22.3. The van der Waals surface area contributed by atoms with E-state index in [1.54, 1.807) is 11.3 Å². The van der Waals surface area contributed by atoms with Crippen molar-refractivity contribution in [3.05, 3.63) is 51.7 Å². The van der Waals surface area contributed by atoms with Crippen molar-refractivity contribution in [2.75, 3.05) is 0 Å². The number of hydrogen-bond acceptors (Lipinski definition) is 3. The molecule has 0 aliphatic carbocycles. The van der Waals surface area contributed by atoms with Gasteiger partial charge in [0.2, 0.25) is 0 Å². The van der Waals surface area contributed by atoms with E-state index in [-0.39, 0.29) is 6.10 Å². The summed E-state index contributed by atoms with van der Waals surface area (Å²) in [6.45, 7) is 2.15. The molecule has 1 aromatic heterocycles. The Labute approximate surface area is 111 Å². The fourth-order valence-electron chi connectivity index (χ4n) is 2.33. The average Bonchev–Trinajstić information content (AvgIpc) is 2.87. The van der Waals surface area contributed by atoms with Crippen molar-refractivity contribution in [1.82, 2.24) is 0 Å². The lowest BCUT2D eigenvalue weighted by atomic mass is 9.98. The zero-order chi connectivity index (χ0) is 12.5. The number of aliphatic hydroxyl groups excluding tert-OH is 1. The van der Waals surface area contributed by atoms with E-state index >= 15 is 0 Å². The van der Waals surface area contributed by atoms with Crippen LogP contribution in [0.2, 0.25) is 0 Å². The third-order valence-corrected chi connectivity index (χ3v) is 4.65. The van der Waals surface area contributed by atoms with E-state index < -0.39 is 6.10 Å². The Kier molecular flexibility index (Phi) is 3.10. The van der Waals surface area contributed by atoms with Crippen LogP contribution in [0.3, 0.4) is 0 Å². The lowest BCUT2D eigenvalue weighted by Crippen LogP contribution is -2.18. The minimum absolute atomic E-state index is 0.0137. The highest BCUT2D eigenvalue weighted by atomic mass is 32.1. The molecule has 0 spiro atoms. The van der Waals surface area contributed by atoms with Gasteiger partial charge in [0.05, 0.1) is 6.10 Å². The summed E-state index contributed by atoms with van der Waals surface area (Å²) in [5.74, 6) is 0.813. The quantitative estimate of drug-likeness (QED) is 0.888. The Morgan fingerprint density at radius 2 is 2.11 bits per heavy atom. The molecule has 18 heavy (non-hydrogen) atoms. The molecule has 2 heterocycles. The molecule has 0 amide bonds.